The SMILES string of the molecule is CCC(=CCn1nc(C)c(C)c1C)C(=O)OC. The smallest absolute Gasteiger partial charge is 0.333 e. The molecule has 0 aliphatic carbocycles. The second-order valence-electron chi connectivity index (χ2n) is 4.05. The Morgan fingerprint density at radius 2 is 2.06 bits per heavy atom. The highest BCUT2D eigenvalue weighted by Crippen LogP contribution is 2.12. The van der Waals surface area contributed by atoms with E-state index in [1.807, 2.05) is 31.5 Å². The van der Waals surface area contributed by atoms with E-state index in [-0.39, 0.29) is 5.97 Å². The maximum absolute atomic E-state index is 11.4. The van der Waals surface area contributed by atoms with Crippen molar-refractivity contribution in [3.63, 3.8) is 0 Å². The van der Waals surface area contributed by atoms with E-state index in [1.54, 1.807) is 0 Å². The Hall–Kier alpha value is -1.58. The minimum atomic E-state index is -0.259. The second-order valence-corrected chi connectivity index (χ2v) is 4.05. The molecule has 1 aromatic heterocycles. The van der Waals surface area contributed by atoms with Crippen LogP contribution in [0.5, 0.6) is 0 Å². The molecule has 17 heavy (non-hydrogen) atoms. The highest BCUT2D eigenvalue weighted by molar-refractivity contribution is 5.88. The minimum Gasteiger partial charge on any atom is -0.466 e. The molecule has 4 nitrogen and oxygen atoms in total. The van der Waals surface area contributed by atoms with Crippen molar-refractivity contribution in [1.29, 1.82) is 0 Å². The summed E-state index contributed by atoms with van der Waals surface area (Å²) in [5.74, 6) is -0.259. The third kappa shape index (κ3) is 2.96. The number of nitrogens with zero attached hydrogens (tertiary/aromatic N) is 2. The molecule has 0 aliphatic heterocycles. The monoisotopic (exact) mass is 236 g/mol. The van der Waals surface area contributed by atoms with Gasteiger partial charge < -0.3 is 4.74 Å². The Kier molecular flexibility index (Phi) is 4.49. The Balaban J connectivity index is 2.87. The molecule has 0 aliphatic rings. The van der Waals surface area contributed by atoms with E-state index in [2.05, 4.69) is 12.0 Å². The zero-order valence-electron chi connectivity index (χ0n) is 11.2. The molecule has 0 bridgehead atoms. The van der Waals surface area contributed by atoms with Gasteiger partial charge in [-0.05, 0) is 32.8 Å². The van der Waals surface area contributed by atoms with Crippen LogP contribution in [0.25, 0.3) is 0 Å². The fourth-order valence-corrected chi connectivity index (χ4v) is 1.66. The van der Waals surface area contributed by atoms with Crippen molar-refractivity contribution in [3.05, 3.63) is 28.6 Å². The molecule has 1 rings (SSSR count). The number of methoxy groups -OCH3 is 1. The zero-order chi connectivity index (χ0) is 13.0. The number of carbonyl (C=O) groups is 1. The van der Waals surface area contributed by atoms with E-state index in [9.17, 15) is 4.79 Å². The normalized spacial score (nSPS) is 11.7. The predicted molar refractivity (Wildman–Crippen MR) is 66.8 cm³/mol. The second kappa shape index (κ2) is 5.66. The Labute approximate surface area is 102 Å². The first-order valence-electron chi connectivity index (χ1n) is 5.79. The molecule has 0 fully saturated rings. The Morgan fingerprint density at radius 3 is 2.47 bits per heavy atom. The third-order valence-electron chi connectivity index (χ3n) is 3.08. The molecular weight excluding hydrogens is 216 g/mol. The van der Waals surface area contributed by atoms with Crippen LogP contribution in [0.4, 0.5) is 0 Å². The number of rotatable bonds is 4. The molecule has 0 radical (unpaired) electrons. The molecule has 0 atom stereocenters. The van der Waals surface area contributed by atoms with Crippen LogP contribution < -0.4 is 0 Å². The van der Waals surface area contributed by atoms with Crippen LogP contribution in [0.2, 0.25) is 0 Å². The van der Waals surface area contributed by atoms with Crippen molar-refractivity contribution >= 4 is 5.97 Å². The minimum absolute atomic E-state index is 0.259. The summed E-state index contributed by atoms with van der Waals surface area (Å²) < 4.78 is 6.62. The zero-order valence-corrected chi connectivity index (χ0v) is 11.2. The van der Waals surface area contributed by atoms with Crippen LogP contribution >= 0.6 is 0 Å². The number of allylic oxidation sites excluding steroid dienone is 1. The lowest BCUT2D eigenvalue weighted by molar-refractivity contribution is -0.136. The topological polar surface area (TPSA) is 44.1 Å². The van der Waals surface area contributed by atoms with Gasteiger partial charge in [0.25, 0.3) is 0 Å². The first-order valence-corrected chi connectivity index (χ1v) is 5.79. The lowest BCUT2D eigenvalue weighted by atomic mass is 10.2. The molecule has 0 amide bonds. The number of aromatic nitrogens is 2. The van der Waals surface area contributed by atoms with E-state index in [0.29, 0.717) is 18.5 Å². The standard InChI is InChI=1S/C13H20N2O2/c1-6-12(13(16)17-5)7-8-15-11(4)9(2)10(3)14-15/h7H,6,8H2,1-5H3. The predicted octanol–water partition coefficient (Wildman–Crippen LogP) is 2.32. The molecule has 94 valence electrons. The molecule has 0 saturated carbocycles. The van der Waals surface area contributed by atoms with Crippen LogP contribution in [0.1, 0.15) is 30.3 Å². The van der Waals surface area contributed by atoms with E-state index in [0.717, 1.165) is 11.4 Å². The highest BCUT2D eigenvalue weighted by Gasteiger charge is 2.09. The van der Waals surface area contributed by atoms with Crippen LogP contribution in [0.3, 0.4) is 0 Å². The summed E-state index contributed by atoms with van der Waals surface area (Å²) in [7, 11) is 1.40. The van der Waals surface area contributed by atoms with Gasteiger partial charge in [0.1, 0.15) is 0 Å². The van der Waals surface area contributed by atoms with Gasteiger partial charge in [0.15, 0.2) is 0 Å². The van der Waals surface area contributed by atoms with Gasteiger partial charge in [-0.1, -0.05) is 13.0 Å². The van der Waals surface area contributed by atoms with Crippen molar-refractivity contribution in [2.45, 2.75) is 40.7 Å². The van der Waals surface area contributed by atoms with Gasteiger partial charge in [-0.3, -0.25) is 4.68 Å². The van der Waals surface area contributed by atoms with Crippen LogP contribution in [0.15, 0.2) is 11.6 Å². The first-order chi connectivity index (χ1) is 8.01. The summed E-state index contributed by atoms with van der Waals surface area (Å²) in [6.45, 7) is 8.63. The van der Waals surface area contributed by atoms with Gasteiger partial charge in [0.2, 0.25) is 0 Å². The van der Waals surface area contributed by atoms with Crippen LogP contribution in [-0.2, 0) is 16.1 Å². The van der Waals surface area contributed by atoms with Gasteiger partial charge in [-0.2, -0.15) is 5.10 Å². The summed E-state index contributed by atoms with van der Waals surface area (Å²) >= 11 is 0. The number of esters is 1. The number of aryl methyl sites for hydroxylation is 1. The van der Waals surface area contributed by atoms with Crippen molar-refractivity contribution in [3.8, 4) is 0 Å². The molecule has 1 heterocycles. The number of carbonyl (C=O) groups excluding carboxylic acids is 1. The number of ether oxygens (including phenoxy) is 1. The number of hydrogen-bond donors (Lipinski definition) is 0. The average Bonchev–Trinajstić information content (AvgIpc) is 2.57. The van der Waals surface area contributed by atoms with E-state index in [4.69, 9.17) is 4.74 Å². The fourth-order valence-electron chi connectivity index (χ4n) is 1.66. The lowest BCUT2D eigenvalue weighted by Crippen LogP contribution is -2.07. The highest BCUT2D eigenvalue weighted by atomic mass is 16.5. The molecule has 1 aromatic rings. The maximum Gasteiger partial charge on any atom is 0.333 e. The molecule has 0 spiro atoms. The van der Waals surface area contributed by atoms with Gasteiger partial charge in [0, 0.05) is 11.3 Å². The molecule has 0 N–H and O–H groups in total. The summed E-state index contributed by atoms with van der Waals surface area (Å²) in [6.07, 6.45) is 2.55. The molecule has 4 heteroatoms. The van der Waals surface area contributed by atoms with Crippen molar-refractivity contribution < 1.29 is 9.53 Å². The first kappa shape index (κ1) is 13.5. The third-order valence-corrected chi connectivity index (χ3v) is 3.08. The molecule has 0 saturated heterocycles. The lowest BCUT2D eigenvalue weighted by Gasteiger charge is -2.04. The van der Waals surface area contributed by atoms with Gasteiger partial charge >= 0.3 is 5.97 Å². The van der Waals surface area contributed by atoms with Crippen LogP contribution in [0, 0.1) is 20.8 Å². The van der Waals surface area contributed by atoms with Crippen LogP contribution in [-0.4, -0.2) is 22.9 Å². The number of hydrogen-bond acceptors (Lipinski definition) is 3. The van der Waals surface area contributed by atoms with E-state index < -0.39 is 0 Å². The summed E-state index contributed by atoms with van der Waals surface area (Å²) in [5.41, 5.74) is 4.07. The average molecular weight is 236 g/mol. The summed E-state index contributed by atoms with van der Waals surface area (Å²) in [4.78, 5) is 11.4. The maximum atomic E-state index is 11.4. The Bertz CT molecular complexity index is 445. The molecule has 0 aromatic carbocycles. The summed E-state index contributed by atoms with van der Waals surface area (Å²) in [6, 6.07) is 0. The van der Waals surface area contributed by atoms with Crippen molar-refractivity contribution in [2.75, 3.05) is 7.11 Å². The summed E-state index contributed by atoms with van der Waals surface area (Å²) in [5, 5.41) is 4.42. The molecule has 0 unspecified atom stereocenters. The van der Waals surface area contributed by atoms with Gasteiger partial charge in [0.05, 0.1) is 19.3 Å². The van der Waals surface area contributed by atoms with Gasteiger partial charge in [-0.25, -0.2) is 4.79 Å². The Morgan fingerprint density at radius 1 is 1.41 bits per heavy atom. The quantitative estimate of drug-likeness (QED) is 0.595. The van der Waals surface area contributed by atoms with E-state index >= 15 is 0 Å². The molecular formula is C13H20N2O2. The van der Waals surface area contributed by atoms with Crippen molar-refractivity contribution in [2.24, 2.45) is 0 Å². The largest absolute Gasteiger partial charge is 0.466 e. The van der Waals surface area contributed by atoms with E-state index in [1.165, 1.54) is 12.7 Å². The van der Waals surface area contributed by atoms with Crippen molar-refractivity contribution in [1.82, 2.24) is 9.78 Å². The fraction of sp³-hybridized carbons (Fsp3) is 0.538. The van der Waals surface area contributed by atoms with Gasteiger partial charge in [-0.15, -0.1) is 0 Å².